The Labute approximate surface area is 133 Å². The lowest BCUT2D eigenvalue weighted by Gasteiger charge is -2.17. The standard InChI is InChI=1S/C18H15ClFNO/c1-11(2)22-18-14(12-6-3-4-8-16(12)20)10-15(19)13-7-5-9-21-17(13)18/h3-11H,1-2H3. The summed E-state index contributed by atoms with van der Waals surface area (Å²) in [7, 11) is 0. The summed E-state index contributed by atoms with van der Waals surface area (Å²) in [5.41, 5.74) is 1.71. The zero-order valence-electron chi connectivity index (χ0n) is 12.3. The van der Waals surface area contributed by atoms with Gasteiger partial charge in [-0.15, -0.1) is 0 Å². The minimum atomic E-state index is -0.317. The Bertz CT molecular complexity index is 832. The smallest absolute Gasteiger partial charge is 0.153 e. The summed E-state index contributed by atoms with van der Waals surface area (Å²) < 4.78 is 20.1. The molecule has 2 aromatic carbocycles. The van der Waals surface area contributed by atoms with E-state index in [1.807, 2.05) is 26.0 Å². The number of hydrogen-bond donors (Lipinski definition) is 0. The highest BCUT2D eigenvalue weighted by molar-refractivity contribution is 6.36. The first-order valence-electron chi connectivity index (χ1n) is 7.06. The quantitative estimate of drug-likeness (QED) is 0.638. The Morgan fingerprint density at radius 1 is 1.09 bits per heavy atom. The van der Waals surface area contributed by atoms with E-state index in [-0.39, 0.29) is 11.9 Å². The third-order valence-electron chi connectivity index (χ3n) is 3.31. The molecular weight excluding hydrogens is 301 g/mol. The minimum absolute atomic E-state index is 0.0584. The van der Waals surface area contributed by atoms with Crippen LogP contribution in [0.1, 0.15) is 13.8 Å². The van der Waals surface area contributed by atoms with Crippen LogP contribution in [0.4, 0.5) is 4.39 Å². The molecule has 0 amide bonds. The minimum Gasteiger partial charge on any atom is -0.488 e. The van der Waals surface area contributed by atoms with Gasteiger partial charge in [0.2, 0.25) is 0 Å². The summed E-state index contributed by atoms with van der Waals surface area (Å²) in [6.45, 7) is 3.85. The van der Waals surface area contributed by atoms with Crippen LogP contribution < -0.4 is 4.74 Å². The van der Waals surface area contributed by atoms with Crippen molar-refractivity contribution < 1.29 is 9.13 Å². The molecule has 0 saturated carbocycles. The number of rotatable bonds is 3. The highest BCUT2D eigenvalue weighted by Crippen LogP contribution is 2.41. The number of ether oxygens (including phenoxy) is 1. The van der Waals surface area contributed by atoms with Crippen LogP contribution in [-0.4, -0.2) is 11.1 Å². The van der Waals surface area contributed by atoms with Gasteiger partial charge in [-0.2, -0.15) is 0 Å². The van der Waals surface area contributed by atoms with E-state index in [1.165, 1.54) is 6.07 Å². The van der Waals surface area contributed by atoms with Gasteiger partial charge < -0.3 is 4.74 Å². The van der Waals surface area contributed by atoms with Crippen LogP contribution >= 0.6 is 11.6 Å². The first kappa shape index (κ1) is 14.8. The molecule has 0 bridgehead atoms. The fraction of sp³-hybridized carbons (Fsp3) is 0.167. The lowest BCUT2D eigenvalue weighted by molar-refractivity contribution is 0.246. The summed E-state index contributed by atoms with van der Waals surface area (Å²) >= 11 is 6.35. The van der Waals surface area contributed by atoms with E-state index in [2.05, 4.69) is 4.98 Å². The second kappa shape index (κ2) is 5.93. The van der Waals surface area contributed by atoms with Crippen molar-refractivity contribution >= 4 is 22.5 Å². The van der Waals surface area contributed by atoms with E-state index >= 15 is 0 Å². The van der Waals surface area contributed by atoms with Crippen molar-refractivity contribution in [1.29, 1.82) is 0 Å². The molecule has 0 spiro atoms. The van der Waals surface area contributed by atoms with Crippen LogP contribution in [0.3, 0.4) is 0 Å². The molecule has 112 valence electrons. The van der Waals surface area contributed by atoms with Crippen LogP contribution in [0.15, 0.2) is 48.7 Å². The largest absolute Gasteiger partial charge is 0.488 e. The van der Waals surface area contributed by atoms with Gasteiger partial charge in [-0.1, -0.05) is 29.8 Å². The molecule has 3 aromatic rings. The summed E-state index contributed by atoms with van der Waals surface area (Å²) in [6, 6.07) is 12.0. The topological polar surface area (TPSA) is 22.1 Å². The fourth-order valence-corrected chi connectivity index (χ4v) is 2.67. The number of hydrogen-bond acceptors (Lipinski definition) is 2. The highest BCUT2D eigenvalue weighted by Gasteiger charge is 2.18. The molecule has 0 fully saturated rings. The number of benzene rings is 2. The van der Waals surface area contributed by atoms with Crippen molar-refractivity contribution in [1.82, 2.24) is 4.98 Å². The van der Waals surface area contributed by atoms with Gasteiger partial charge in [0.15, 0.2) is 5.75 Å². The van der Waals surface area contributed by atoms with Crippen molar-refractivity contribution in [2.24, 2.45) is 0 Å². The molecular formula is C18H15ClFNO. The maximum Gasteiger partial charge on any atom is 0.153 e. The first-order chi connectivity index (χ1) is 10.6. The monoisotopic (exact) mass is 315 g/mol. The molecule has 1 heterocycles. The Morgan fingerprint density at radius 2 is 1.86 bits per heavy atom. The number of fused-ring (bicyclic) bond motifs is 1. The normalized spacial score (nSPS) is 11.1. The Morgan fingerprint density at radius 3 is 2.59 bits per heavy atom. The van der Waals surface area contributed by atoms with Crippen molar-refractivity contribution in [2.45, 2.75) is 20.0 Å². The molecule has 1 aromatic heterocycles. The Hall–Kier alpha value is -2.13. The van der Waals surface area contributed by atoms with Gasteiger partial charge in [-0.25, -0.2) is 4.39 Å². The number of aromatic nitrogens is 1. The number of halogens is 2. The third kappa shape index (κ3) is 2.64. The van der Waals surface area contributed by atoms with Crippen LogP contribution in [0.2, 0.25) is 5.02 Å². The number of nitrogens with zero attached hydrogens (tertiary/aromatic N) is 1. The zero-order chi connectivity index (χ0) is 15.7. The summed E-state index contributed by atoms with van der Waals surface area (Å²) in [6.07, 6.45) is 1.62. The van der Waals surface area contributed by atoms with Crippen molar-refractivity contribution in [3.63, 3.8) is 0 Å². The molecule has 4 heteroatoms. The molecule has 0 radical (unpaired) electrons. The van der Waals surface area contributed by atoms with Crippen molar-refractivity contribution in [3.8, 4) is 16.9 Å². The lowest BCUT2D eigenvalue weighted by atomic mass is 10.0. The van der Waals surface area contributed by atoms with Crippen molar-refractivity contribution in [3.05, 3.63) is 59.5 Å². The van der Waals surface area contributed by atoms with E-state index in [4.69, 9.17) is 16.3 Å². The summed E-state index contributed by atoms with van der Waals surface area (Å²) in [5.74, 6) is 0.238. The zero-order valence-corrected chi connectivity index (χ0v) is 13.1. The SMILES string of the molecule is CC(C)Oc1c(-c2ccccc2F)cc(Cl)c2cccnc12. The summed E-state index contributed by atoms with van der Waals surface area (Å²) in [5, 5.41) is 1.32. The highest BCUT2D eigenvalue weighted by atomic mass is 35.5. The first-order valence-corrected chi connectivity index (χ1v) is 7.44. The molecule has 0 atom stereocenters. The van der Waals surface area contributed by atoms with Crippen LogP contribution in [0.5, 0.6) is 5.75 Å². The second-order valence-corrected chi connectivity index (χ2v) is 5.69. The molecule has 0 N–H and O–H groups in total. The molecule has 3 rings (SSSR count). The van der Waals surface area contributed by atoms with Crippen molar-refractivity contribution in [2.75, 3.05) is 0 Å². The van der Waals surface area contributed by atoms with E-state index in [0.29, 0.717) is 27.4 Å². The van der Waals surface area contributed by atoms with Gasteiger partial charge in [0.1, 0.15) is 11.3 Å². The van der Waals surface area contributed by atoms with Crippen LogP contribution in [0, 0.1) is 5.82 Å². The Kier molecular flexibility index (Phi) is 3.99. The van der Waals surface area contributed by atoms with E-state index < -0.39 is 0 Å². The lowest BCUT2D eigenvalue weighted by Crippen LogP contribution is -2.08. The fourth-order valence-electron chi connectivity index (χ4n) is 2.41. The molecule has 0 saturated heterocycles. The van der Waals surface area contributed by atoms with Gasteiger partial charge in [-0.3, -0.25) is 4.98 Å². The predicted octanol–water partition coefficient (Wildman–Crippen LogP) is 5.48. The van der Waals surface area contributed by atoms with Gasteiger partial charge in [0.25, 0.3) is 0 Å². The maximum absolute atomic E-state index is 14.2. The van der Waals surface area contributed by atoms with Gasteiger partial charge in [0, 0.05) is 22.7 Å². The molecule has 0 unspecified atom stereocenters. The summed E-state index contributed by atoms with van der Waals surface area (Å²) in [4.78, 5) is 4.38. The maximum atomic E-state index is 14.2. The van der Waals surface area contributed by atoms with Gasteiger partial charge >= 0.3 is 0 Å². The molecule has 0 aliphatic carbocycles. The Balaban J connectivity index is 2.36. The van der Waals surface area contributed by atoms with Gasteiger partial charge in [-0.05, 0) is 38.1 Å². The third-order valence-corrected chi connectivity index (χ3v) is 3.63. The molecule has 22 heavy (non-hydrogen) atoms. The average Bonchev–Trinajstić information content (AvgIpc) is 2.50. The molecule has 2 nitrogen and oxygen atoms in total. The van der Waals surface area contributed by atoms with E-state index in [9.17, 15) is 4.39 Å². The van der Waals surface area contributed by atoms with E-state index in [1.54, 1.807) is 30.5 Å². The van der Waals surface area contributed by atoms with Crippen LogP contribution in [-0.2, 0) is 0 Å². The van der Waals surface area contributed by atoms with Crippen LogP contribution in [0.25, 0.3) is 22.0 Å². The average molecular weight is 316 g/mol. The number of pyridine rings is 1. The van der Waals surface area contributed by atoms with Gasteiger partial charge in [0.05, 0.1) is 11.1 Å². The predicted molar refractivity (Wildman–Crippen MR) is 87.9 cm³/mol. The second-order valence-electron chi connectivity index (χ2n) is 5.28. The van der Waals surface area contributed by atoms with E-state index in [0.717, 1.165) is 5.39 Å². The molecule has 0 aliphatic heterocycles. The molecule has 0 aliphatic rings.